The van der Waals surface area contributed by atoms with Gasteiger partial charge in [0.2, 0.25) is 5.78 Å². The minimum atomic E-state index is -0.878. The minimum absolute atomic E-state index is 0.107. The van der Waals surface area contributed by atoms with Crippen molar-refractivity contribution in [2.75, 3.05) is 18.5 Å². The summed E-state index contributed by atoms with van der Waals surface area (Å²) >= 11 is 12.0. The molecule has 2 amide bonds. The van der Waals surface area contributed by atoms with Crippen LogP contribution < -0.4 is 15.8 Å². The van der Waals surface area contributed by atoms with Crippen molar-refractivity contribution in [2.24, 2.45) is 5.73 Å². The third-order valence-electron chi connectivity index (χ3n) is 4.22. The summed E-state index contributed by atoms with van der Waals surface area (Å²) in [6.45, 7) is -0.200. The Kier molecular flexibility index (Phi) is 6.84. The molecule has 0 radical (unpaired) electrons. The standard InChI is InChI=1S/C20H18Cl2N2O6/c21-10-1-3-13(15(22)7-10)18(27)19-17(24-20(23)28)14-4-2-12(8-16(14)30-19)29-6-5-11(26)9-25/h1-4,7-8,11,25-26H,5-6,9H2,(H3,23,24,28). The van der Waals surface area contributed by atoms with E-state index in [-0.39, 0.29) is 47.3 Å². The molecule has 0 saturated heterocycles. The molecule has 0 aliphatic carbocycles. The third-order valence-corrected chi connectivity index (χ3v) is 4.77. The van der Waals surface area contributed by atoms with Crippen LogP contribution in [-0.2, 0) is 0 Å². The number of rotatable bonds is 8. The molecule has 1 aromatic heterocycles. The molecule has 10 heteroatoms. The van der Waals surface area contributed by atoms with Gasteiger partial charge in [-0.25, -0.2) is 4.79 Å². The number of aliphatic hydroxyl groups is 2. The summed E-state index contributed by atoms with van der Waals surface area (Å²) in [6, 6.07) is 8.26. The molecular formula is C20H18Cl2N2O6. The van der Waals surface area contributed by atoms with Crippen molar-refractivity contribution >= 4 is 51.7 Å². The lowest BCUT2D eigenvalue weighted by Crippen LogP contribution is -2.20. The lowest BCUT2D eigenvalue weighted by molar-refractivity contribution is 0.0754. The highest BCUT2D eigenvalue weighted by molar-refractivity contribution is 6.37. The number of anilines is 1. The number of aliphatic hydroxyl groups excluding tert-OH is 2. The van der Waals surface area contributed by atoms with E-state index in [4.69, 9.17) is 43.2 Å². The van der Waals surface area contributed by atoms with Crippen LogP contribution in [0, 0.1) is 0 Å². The summed E-state index contributed by atoms with van der Waals surface area (Å²) in [5.74, 6) is -0.304. The molecule has 0 bridgehead atoms. The number of amides is 2. The fraction of sp³-hybridized carbons (Fsp3) is 0.200. The van der Waals surface area contributed by atoms with Gasteiger partial charge in [0.1, 0.15) is 17.0 Å². The highest BCUT2D eigenvalue weighted by Crippen LogP contribution is 2.36. The number of furan rings is 1. The second-order valence-electron chi connectivity index (χ2n) is 6.38. The molecule has 5 N–H and O–H groups in total. The van der Waals surface area contributed by atoms with Crippen molar-refractivity contribution < 1.29 is 29.0 Å². The fourth-order valence-electron chi connectivity index (χ4n) is 2.77. The van der Waals surface area contributed by atoms with Gasteiger partial charge in [0.25, 0.3) is 0 Å². The van der Waals surface area contributed by atoms with Gasteiger partial charge in [-0.3, -0.25) is 4.79 Å². The zero-order valence-corrected chi connectivity index (χ0v) is 17.0. The van der Waals surface area contributed by atoms with Gasteiger partial charge in [-0.1, -0.05) is 23.2 Å². The van der Waals surface area contributed by atoms with Gasteiger partial charge in [0.15, 0.2) is 5.76 Å². The van der Waals surface area contributed by atoms with Crippen LogP contribution in [0.15, 0.2) is 40.8 Å². The van der Waals surface area contributed by atoms with E-state index in [1.807, 2.05) is 0 Å². The number of primary amides is 1. The summed E-state index contributed by atoms with van der Waals surface area (Å²) in [5, 5.41) is 21.6. The SMILES string of the molecule is NC(=O)Nc1c(C(=O)c2ccc(Cl)cc2Cl)oc2cc(OCCC(O)CO)ccc12. The average Bonchev–Trinajstić information content (AvgIpc) is 3.04. The summed E-state index contributed by atoms with van der Waals surface area (Å²) in [6.07, 6.45) is -0.642. The normalized spacial score (nSPS) is 12.0. The quantitative estimate of drug-likeness (QED) is 0.385. The molecule has 3 rings (SSSR count). The van der Waals surface area contributed by atoms with Crippen LogP contribution in [0.2, 0.25) is 10.0 Å². The molecule has 0 saturated carbocycles. The van der Waals surface area contributed by atoms with E-state index in [1.54, 1.807) is 12.1 Å². The Morgan fingerprint density at radius 3 is 2.63 bits per heavy atom. The Morgan fingerprint density at radius 2 is 1.97 bits per heavy atom. The number of urea groups is 1. The topological polar surface area (TPSA) is 135 Å². The molecular weight excluding hydrogens is 435 g/mol. The van der Waals surface area contributed by atoms with E-state index in [2.05, 4.69) is 5.32 Å². The maximum absolute atomic E-state index is 13.0. The molecule has 3 aromatic rings. The number of nitrogens with two attached hydrogens (primary N) is 1. The number of benzene rings is 2. The first kappa shape index (κ1) is 21.9. The lowest BCUT2D eigenvalue weighted by atomic mass is 10.1. The van der Waals surface area contributed by atoms with Gasteiger partial charge >= 0.3 is 6.03 Å². The molecule has 1 unspecified atom stereocenters. The Labute approximate surface area is 181 Å². The number of hydrogen-bond acceptors (Lipinski definition) is 6. The number of ketones is 1. The molecule has 0 spiro atoms. The number of halogens is 2. The monoisotopic (exact) mass is 452 g/mol. The van der Waals surface area contributed by atoms with E-state index in [0.29, 0.717) is 16.2 Å². The Bertz CT molecular complexity index is 1100. The second kappa shape index (κ2) is 9.36. The highest BCUT2D eigenvalue weighted by atomic mass is 35.5. The maximum atomic E-state index is 13.0. The van der Waals surface area contributed by atoms with Gasteiger partial charge in [0, 0.05) is 28.5 Å². The maximum Gasteiger partial charge on any atom is 0.316 e. The van der Waals surface area contributed by atoms with Crippen LogP contribution in [0.1, 0.15) is 22.5 Å². The molecule has 2 aromatic carbocycles. The first-order valence-corrected chi connectivity index (χ1v) is 9.60. The molecule has 1 heterocycles. The molecule has 1 atom stereocenters. The molecule has 30 heavy (non-hydrogen) atoms. The largest absolute Gasteiger partial charge is 0.493 e. The van der Waals surface area contributed by atoms with E-state index in [0.717, 1.165) is 0 Å². The predicted molar refractivity (Wildman–Crippen MR) is 113 cm³/mol. The molecule has 0 aliphatic heterocycles. The van der Waals surface area contributed by atoms with Gasteiger partial charge in [-0.15, -0.1) is 0 Å². The van der Waals surface area contributed by atoms with Gasteiger partial charge in [0.05, 0.1) is 24.3 Å². The van der Waals surface area contributed by atoms with Crippen LogP contribution in [0.5, 0.6) is 5.75 Å². The van der Waals surface area contributed by atoms with Crippen molar-refractivity contribution in [3.05, 3.63) is 57.8 Å². The number of carbonyl (C=O) groups is 2. The average molecular weight is 453 g/mol. The van der Waals surface area contributed by atoms with Crippen molar-refractivity contribution in [1.82, 2.24) is 0 Å². The smallest absolute Gasteiger partial charge is 0.316 e. The van der Waals surface area contributed by atoms with Crippen molar-refractivity contribution in [1.29, 1.82) is 0 Å². The summed E-state index contributed by atoms with van der Waals surface area (Å²) in [4.78, 5) is 24.5. The van der Waals surface area contributed by atoms with Crippen LogP contribution >= 0.6 is 23.2 Å². The number of ether oxygens (including phenoxy) is 1. The van der Waals surface area contributed by atoms with Crippen molar-refractivity contribution in [3.63, 3.8) is 0 Å². The zero-order chi connectivity index (χ0) is 21.8. The van der Waals surface area contributed by atoms with E-state index in [9.17, 15) is 14.7 Å². The first-order chi connectivity index (χ1) is 14.3. The number of hydrogen-bond donors (Lipinski definition) is 4. The van der Waals surface area contributed by atoms with Crippen LogP contribution in [0.3, 0.4) is 0 Å². The van der Waals surface area contributed by atoms with Crippen LogP contribution in [-0.4, -0.2) is 41.3 Å². The van der Waals surface area contributed by atoms with Crippen molar-refractivity contribution in [3.8, 4) is 5.75 Å². The molecule has 8 nitrogen and oxygen atoms in total. The van der Waals surface area contributed by atoms with Crippen LogP contribution in [0.25, 0.3) is 11.0 Å². The second-order valence-corrected chi connectivity index (χ2v) is 7.22. The summed E-state index contributed by atoms with van der Waals surface area (Å²) in [5.41, 5.74) is 5.77. The minimum Gasteiger partial charge on any atom is -0.493 e. The number of nitrogens with one attached hydrogen (secondary N) is 1. The Morgan fingerprint density at radius 1 is 1.20 bits per heavy atom. The highest BCUT2D eigenvalue weighted by Gasteiger charge is 2.25. The Hall–Kier alpha value is -2.78. The third kappa shape index (κ3) is 4.85. The molecule has 158 valence electrons. The number of fused-ring (bicyclic) bond motifs is 1. The summed E-state index contributed by atoms with van der Waals surface area (Å²) < 4.78 is 11.2. The number of carbonyl (C=O) groups excluding carboxylic acids is 2. The van der Waals surface area contributed by atoms with Crippen molar-refractivity contribution in [2.45, 2.75) is 12.5 Å². The lowest BCUT2D eigenvalue weighted by Gasteiger charge is -2.09. The molecule has 0 aliphatic rings. The van der Waals surface area contributed by atoms with Gasteiger partial charge < -0.3 is 30.4 Å². The van der Waals surface area contributed by atoms with E-state index >= 15 is 0 Å². The fourth-order valence-corrected chi connectivity index (χ4v) is 3.27. The van der Waals surface area contributed by atoms with Gasteiger partial charge in [-0.05, 0) is 30.3 Å². The van der Waals surface area contributed by atoms with Gasteiger partial charge in [-0.2, -0.15) is 0 Å². The van der Waals surface area contributed by atoms with E-state index < -0.39 is 17.9 Å². The Balaban J connectivity index is 1.98. The van der Waals surface area contributed by atoms with Crippen LogP contribution in [0.4, 0.5) is 10.5 Å². The summed E-state index contributed by atoms with van der Waals surface area (Å²) in [7, 11) is 0. The predicted octanol–water partition coefficient (Wildman–Crippen LogP) is 3.58. The molecule has 0 fully saturated rings. The zero-order valence-electron chi connectivity index (χ0n) is 15.5. The first-order valence-electron chi connectivity index (χ1n) is 8.84. The van der Waals surface area contributed by atoms with E-state index in [1.165, 1.54) is 24.3 Å².